The predicted octanol–water partition coefficient (Wildman–Crippen LogP) is 2.77. The van der Waals surface area contributed by atoms with E-state index in [9.17, 15) is 13.5 Å². The molecule has 1 unspecified atom stereocenters. The Balaban J connectivity index is 1.93. The van der Waals surface area contributed by atoms with E-state index in [0.29, 0.717) is 24.2 Å². The van der Waals surface area contributed by atoms with Crippen molar-refractivity contribution in [1.82, 2.24) is 0 Å². The lowest BCUT2D eigenvalue weighted by atomic mass is 10.0. The fraction of sp³-hybridized carbons (Fsp3) is 0.294. The second kappa shape index (κ2) is 5.74. The molecular formula is C17H19NO3S. The molecule has 2 aromatic rings. The summed E-state index contributed by atoms with van der Waals surface area (Å²) in [5.74, 6) is -0.0301. The average molecular weight is 317 g/mol. The zero-order chi connectivity index (χ0) is 15.7. The van der Waals surface area contributed by atoms with Crippen LogP contribution in [0.3, 0.4) is 0 Å². The van der Waals surface area contributed by atoms with E-state index in [2.05, 4.69) is 0 Å². The van der Waals surface area contributed by atoms with E-state index < -0.39 is 16.1 Å². The van der Waals surface area contributed by atoms with Gasteiger partial charge in [0.25, 0.3) is 0 Å². The van der Waals surface area contributed by atoms with Gasteiger partial charge in [0.15, 0.2) is 0 Å². The summed E-state index contributed by atoms with van der Waals surface area (Å²) >= 11 is 0. The van der Waals surface area contributed by atoms with Gasteiger partial charge in [0.2, 0.25) is 10.0 Å². The molecule has 0 radical (unpaired) electrons. The Labute approximate surface area is 131 Å². The summed E-state index contributed by atoms with van der Waals surface area (Å²) in [6.45, 7) is 2.28. The van der Waals surface area contributed by atoms with Gasteiger partial charge in [-0.05, 0) is 25.0 Å². The van der Waals surface area contributed by atoms with Crippen molar-refractivity contribution in [3.05, 3.63) is 65.2 Å². The highest BCUT2D eigenvalue weighted by Gasteiger charge is 2.30. The van der Waals surface area contributed by atoms with Crippen LogP contribution >= 0.6 is 0 Å². The maximum absolute atomic E-state index is 12.8. The van der Waals surface area contributed by atoms with Crippen molar-refractivity contribution in [2.45, 2.75) is 25.2 Å². The summed E-state index contributed by atoms with van der Waals surface area (Å²) in [7, 11) is -3.46. The smallest absolute Gasteiger partial charge is 0.239 e. The first-order valence-corrected chi connectivity index (χ1v) is 8.91. The van der Waals surface area contributed by atoms with E-state index in [1.807, 2.05) is 37.3 Å². The average Bonchev–Trinajstić information content (AvgIpc) is 2.50. The molecule has 0 aliphatic carbocycles. The molecule has 1 N–H and O–H groups in total. The number of aliphatic hydroxyl groups excluding tert-OH is 1. The van der Waals surface area contributed by atoms with Crippen LogP contribution < -0.4 is 4.31 Å². The quantitative estimate of drug-likeness (QED) is 0.947. The van der Waals surface area contributed by atoms with Crippen LogP contribution in [0.4, 0.5) is 5.69 Å². The molecule has 4 nitrogen and oxygen atoms in total. The fourth-order valence-electron chi connectivity index (χ4n) is 2.77. The number of fused-ring (bicyclic) bond motifs is 1. The Morgan fingerprint density at radius 2 is 1.82 bits per heavy atom. The van der Waals surface area contributed by atoms with E-state index >= 15 is 0 Å². The van der Waals surface area contributed by atoms with Crippen molar-refractivity contribution in [2.24, 2.45) is 0 Å². The highest BCUT2D eigenvalue weighted by Crippen LogP contribution is 2.35. The molecule has 5 heteroatoms. The van der Waals surface area contributed by atoms with Crippen LogP contribution in [-0.2, 0) is 15.8 Å². The molecule has 0 spiro atoms. The molecule has 0 saturated heterocycles. The predicted molar refractivity (Wildman–Crippen MR) is 87.2 cm³/mol. The normalized spacial score (nSPS) is 18.1. The van der Waals surface area contributed by atoms with Gasteiger partial charge in [0, 0.05) is 12.1 Å². The van der Waals surface area contributed by atoms with E-state index in [0.717, 1.165) is 11.1 Å². The van der Waals surface area contributed by atoms with Crippen LogP contribution in [0.5, 0.6) is 0 Å². The molecule has 1 aliphatic rings. The van der Waals surface area contributed by atoms with Gasteiger partial charge >= 0.3 is 0 Å². The van der Waals surface area contributed by atoms with Crippen molar-refractivity contribution in [3.8, 4) is 0 Å². The zero-order valence-electron chi connectivity index (χ0n) is 12.4. The van der Waals surface area contributed by atoms with Gasteiger partial charge in [-0.3, -0.25) is 4.31 Å². The third-order valence-corrected chi connectivity index (χ3v) is 5.72. The van der Waals surface area contributed by atoms with Crippen molar-refractivity contribution in [1.29, 1.82) is 0 Å². The Hall–Kier alpha value is -1.85. The van der Waals surface area contributed by atoms with Crippen LogP contribution in [0.15, 0.2) is 48.5 Å². The lowest BCUT2D eigenvalue weighted by Crippen LogP contribution is -2.37. The molecule has 22 heavy (non-hydrogen) atoms. The van der Waals surface area contributed by atoms with Crippen LogP contribution in [0, 0.1) is 6.92 Å². The molecule has 1 aliphatic heterocycles. The Kier molecular flexibility index (Phi) is 3.93. The Morgan fingerprint density at radius 1 is 1.14 bits per heavy atom. The van der Waals surface area contributed by atoms with Crippen molar-refractivity contribution < 1.29 is 13.5 Å². The van der Waals surface area contributed by atoms with Crippen molar-refractivity contribution in [3.63, 3.8) is 0 Å². The lowest BCUT2D eigenvalue weighted by molar-refractivity contribution is 0.166. The summed E-state index contributed by atoms with van der Waals surface area (Å²) in [5.41, 5.74) is 3.15. The van der Waals surface area contributed by atoms with Gasteiger partial charge in [-0.1, -0.05) is 48.0 Å². The van der Waals surface area contributed by atoms with E-state index in [1.54, 1.807) is 18.2 Å². The standard InChI is InChI=1S/C17H19NO3S/c1-13-6-8-14(9-7-13)12-22(20,21)18-11-10-17(19)15-4-2-3-5-16(15)18/h2-9,17,19H,10-12H2,1H3. The second-order valence-electron chi connectivity index (χ2n) is 5.68. The molecule has 1 atom stereocenters. The summed E-state index contributed by atoms with van der Waals surface area (Å²) in [5, 5.41) is 10.0. The third kappa shape index (κ3) is 2.87. The molecular weight excluding hydrogens is 298 g/mol. The number of benzene rings is 2. The molecule has 1 heterocycles. The summed E-state index contributed by atoms with van der Waals surface area (Å²) in [6.07, 6.45) is -0.175. The van der Waals surface area contributed by atoms with E-state index in [-0.39, 0.29) is 5.75 Å². The van der Waals surface area contributed by atoms with Gasteiger partial charge in [0.1, 0.15) is 0 Å². The summed E-state index contributed by atoms with van der Waals surface area (Å²) < 4.78 is 26.9. The molecule has 0 saturated carbocycles. The molecule has 2 aromatic carbocycles. The molecule has 0 amide bonds. The number of para-hydroxylation sites is 1. The fourth-order valence-corrected chi connectivity index (χ4v) is 4.39. The van der Waals surface area contributed by atoms with Gasteiger partial charge in [0.05, 0.1) is 17.5 Å². The van der Waals surface area contributed by atoms with Crippen molar-refractivity contribution in [2.75, 3.05) is 10.8 Å². The zero-order valence-corrected chi connectivity index (χ0v) is 13.3. The number of hydrogen-bond donors (Lipinski definition) is 1. The van der Waals surface area contributed by atoms with E-state index in [4.69, 9.17) is 0 Å². The summed E-state index contributed by atoms with van der Waals surface area (Å²) in [4.78, 5) is 0. The number of anilines is 1. The highest BCUT2D eigenvalue weighted by atomic mass is 32.2. The molecule has 0 aromatic heterocycles. The first-order valence-electron chi connectivity index (χ1n) is 7.30. The van der Waals surface area contributed by atoms with Crippen LogP contribution in [0.2, 0.25) is 0 Å². The molecule has 0 bridgehead atoms. The van der Waals surface area contributed by atoms with Crippen LogP contribution in [-0.4, -0.2) is 20.1 Å². The van der Waals surface area contributed by atoms with Crippen molar-refractivity contribution >= 4 is 15.7 Å². The lowest BCUT2D eigenvalue weighted by Gasteiger charge is -2.33. The first kappa shape index (κ1) is 15.1. The van der Waals surface area contributed by atoms with Crippen LogP contribution in [0.25, 0.3) is 0 Å². The van der Waals surface area contributed by atoms with Gasteiger partial charge in [-0.15, -0.1) is 0 Å². The maximum Gasteiger partial charge on any atom is 0.239 e. The number of aryl methyl sites for hydroxylation is 1. The Morgan fingerprint density at radius 3 is 2.55 bits per heavy atom. The minimum atomic E-state index is -3.46. The summed E-state index contributed by atoms with van der Waals surface area (Å²) in [6, 6.07) is 14.7. The highest BCUT2D eigenvalue weighted by molar-refractivity contribution is 7.92. The molecule has 116 valence electrons. The number of sulfonamides is 1. The SMILES string of the molecule is Cc1ccc(CS(=O)(=O)N2CCC(O)c3ccccc32)cc1. The molecule has 0 fully saturated rings. The number of nitrogens with zero attached hydrogens (tertiary/aromatic N) is 1. The van der Waals surface area contributed by atoms with Gasteiger partial charge in [-0.25, -0.2) is 8.42 Å². The second-order valence-corrected chi connectivity index (χ2v) is 7.57. The Bertz CT molecular complexity index is 769. The van der Waals surface area contributed by atoms with Gasteiger partial charge < -0.3 is 5.11 Å². The maximum atomic E-state index is 12.8. The first-order chi connectivity index (χ1) is 10.5. The minimum absolute atomic E-state index is 0.0301. The third-order valence-electron chi connectivity index (χ3n) is 3.98. The van der Waals surface area contributed by atoms with Crippen LogP contribution in [0.1, 0.15) is 29.2 Å². The monoisotopic (exact) mass is 317 g/mol. The largest absolute Gasteiger partial charge is 0.388 e. The minimum Gasteiger partial charge on any atom is -0.388 e. The number of rotatable bonds is 3. The number of aliphatic hydroxyl groups is 1. The van der Waals surface area contributed by atoms with Gasteiger partial charge in [-0.2, -0.15) is 0 Å². The van der Waals surface area contributed by atoms with E-state index in [1.165, 1.54) is 4.31 Å². The molecule has 3 rings (SSSR count). The number of hydrogen-bond acceptors (Lipinski definition) is 3. The topological polar surface area (TPSA) is 57.6 Å².